The maximum absolute atomic E-state index is 13.7. The summed E-state index contributed by atoms with van der Waals surface area (Å²) in [5.41, 5.74) is 3.10. The molecule has 4 aromatic rings. The molecule has 0 N–H and O–H groups in total. The lowest BCUT2D eigenvalue weighted by atomic mass is 9.70. The van der Waals surface area contributed by atoms with E-state index in [4.69, 9.17) is 4.98 Å². The molecule has 0 saturated carbocycles. The van der Waals surface area contributed by atoms with Crippen LogP contribution in [0.5, 0.6) is 0 Å². The molecule has 3 aromatic heterocycles. The molecule has 1 aliphatic rings. The van der Waals surface area contributed by atoms with E-state index in [1.807, 2.05) is 36.2 Å². The number of hydrogen-bond acceptors (Lipinski definition) is 3. The molecule has 31 heavy (non-hydrogen) atoms. The zero-order valence-electron chi connectivity index (χ0n) is 17.4. The lowest BCUT2D eigenvalue weighted by molar-refractivity contribution is 0.0671. The molecule has 6 nitrogen and oxygen atoms in total. The van der Waals surface area contributed by atoms with Crippen LogP contribution in [0.25, 0.3) is 5.65 Å². The highest BCUT2D eigenvalue weighted by Gasteiger charge is 2.41. The third-order valence-electron chi connectivity index (χ3n) is 6.37. The van der Waals surface area contributed by atoms with Gasteiger partial charge < -0.3 is 9.30 Å². The number of piperidine rings is 1. The van der Waals surface area contributed by atoms with Crippen molar-refractivity contribution in [2.45, 2.75) is 31.7 Å². The number of aromatic nitrogens is 4. The van der Waals surface area contributed by atoms with Gasteiger partial charge in [-0.25, -0.2) is 9.37 Å². The van der Waals surface area contributed by atoms with Crippen LogP contribution in [0.2, 0.25) is 0 Å². The molecule has 0 aliphatic carbocycles. The Balaban J connectivity index is 1.49. The number of halogens is 1. The quantitative estimate of drug-likeness (QED) is 0.506. The van der Waals surface area contributed by atoms with E-state index in [2.05, 4.69) is 17.2 Å². The SMILES string of the molecule is CCn1nccc1C(=O)N1CCC(c2ccccc2)(c2cn3cc(F)ccc3n2)CC1. The summed E-state index contributed by atoms with van der Waals surface area (Å²) >= 11 is 0. The Morgan fingerprint density at radius 2 is 1.84 bits per heavy atom. The summed E-state index contributed by atoms with van der Waals surface area (Å²) < 4.78 is 17.2. The number of benzene rings is 1. The van der Waals surface area contributed by atoms with Crippen molar-refractivity contribution in [3.05, 3.63) is 89.9 Å². The van der Waals surface area contributed by atoms with Gasteiger partial charge >= 0.3 is 0 Å². The lowest BCUT2D eigenvalue weighted by Gasteiger charge is -2.41. The van der Waals surface area contributed by atoms with Crippen molar-refractivity contribution in [1.82, 2.24) is 24.1 Å². The van der Waals surface area contributed by atoms with E-state index < -0.39 is 0 Å². The van der Waals surface area contributed by atoms with Crippen LogP contribution in [-0.2, 0) is 12.0 Å². The molecule has 1 amide bonds. The van der Waals surface area contributed by atoms with E-state index in [0.29, 0.717) is 25.3 Å². The second-order valence-corrected chi connectivity index (χ2v) is 8.01. The highest BCUT2D eigenvalue weighted by Crippen LogP contribution is 2.41. The number of pyridine rings is 1. The van der Waals surface area contributed by atoms with Crippen LogP contribution in [0.4, 0.5) is 4.39 Å². The first-order chi connectivity index (χ1) is 15.1. The average Bonchev–Trinajstić information content (AvgIpc) is 3.46. The van der Waals surface area contributed by atoms with Gasteiger partial charge in [0.25, 0.3) is 5.91 Å². The Labute approximate surface area is 179 Å². The molecule has 1 saturated heterocycles. The van der Waals surface area contributed by atoms with Crippen molar-refractivity contribution in [2.24, 2.45) is 0 Å². The summed E-state index contributed by atoms with van der Waals surface area (Å²) in [4.78, 5) is 19.9. The molecule has 158 valence electrons. The molecule has 0 radical (unpaired) electrons. The fourth-order valence-corrected chi connectivity index (χ4v) is 4.66. The monoisotopic (exact) mass is 417 g/mol. The molecule has 0 unspecified atom stereocenters. The Kier molecular flexibility index (Phi) is 4.81. The minimum absolute atomic E-state index is 0.0121. The fraction of sp³-hybridized carbons (Fsp3) is 0.292. The van der Waals surface area contributed by atoms with Crippen molar-refractivity contribution in [3.63, 3.8) is 0 Å². The second-order valence-electron chi connectivity index (χ2n) is 8.01. The minimum Gasteiger partial charge on any atom is -0.337 e. The van der Waals surface area contributed by atoms with Crippen molar-refractivity contribution in [3.8, 4) is 0 Å². The number of likely N-dealkylation sites (tertiary alicyclic amines) is 1. The van der Waals surface area contributed by atoms with Crippen LogP contribution in [0.3, 0.4) is 0 Å². The number of imidazole rings is 1. The standard InChI is InChI=1S/C24H24FN5O/c1-2-30-20(10-13-26-30)23(31)28-14-11-24(12-15-28,18-6-4-3-5-7-18)21-17-29-16-19(25)8-9-22(29)27-21/h3-10,13,16-17H,2,11-12,14-15H2,1H3. The highest BCUT2D eigenvalue weighted by atomic mass is 19.1. The first kappa shape index (κ1) is 19.5. The summed E-state index contributed by atoms with van der Waals surface area (Å²) in [5, 5.41) is 4.23. The van der Waals surface area contributed by atoms with E-state index in [1.165, 1.54) is 17.8 Å². The Hall–Kier alpha value is -3.48. The number of carbonyl (C=O) groups excluding carboxylic acids is 1. The number of carbonyl (C=O) groups is 1. The lowest BCUT2D eigenvalue weighted by Crippen LogP contribution is -2.46. The van der Waals surface area contributed by atoms with Gasteiger partial charge in [-0.1, -0.05) is 30.3 Å². The molecule has 1 fully saturated rings. The van der Waals surface area contributed by atoms with E-state index in [1.54, 1.807) is 27.4 Å². The van der Waals surface area contributed by atoms with E-state index in [0.717, 1.165) is 24.2 Å². The van der Waals surface area contributed by atoms with Gasteiger partial charge in [0.05, 0.1) is 5.69 Å². The number of rotatable bonds is 4. The number of amides is 1. The Morgan fingerprint density at radius 1 is 1.06 bits per heavy atom. The smallest absolute Gasteiger partial charge is 0.272 e. The number of fused-ring (bicyclic) bond motifs is 1. The molecule has 0 spiro atoms. The van der Waals surface area contributed by atoms with Crippen molar-refractivity contribution in [1.29, 1.82) is 0 Å². The molecule has 0 bridgehead atoms. The Morgan fingerprint density at radius 3 is 2.58 bits per heavy atom. The molecule has 5 rings (SSSR count). The normalized spacial score (nSPS) is 16.0. The fourth-order valence-electron chi connectivity index (χ4n) is 4.66. The van der Waals surface area contributed by atoms with Crippen LogP contribution < -0.4 is 0 Å². The molecule has 7 heteroatoms. The molecular weight excluding hydrogens is 393 g/mol. The zero-order valence-corrected chi connectivity index (χ0v) is 17.4. The van der Waals surface area contributed by atoms with E-state index in [-0.39, 0.29) is 17.1 Å². The van der Waals surface area contributed by atoms with Gasteiger partial charge in [-0.3, -0.25) is 9.48 Å². The van der Waals surface area contributed by atoms with Crippen molar-refractivity contribution < 1.29 is 9.18 Å². The maximum Gasteiger partial charge on any atom is 0.272 e. The third-order valence-corrected chi connectivity index (χ3v) is 6.37. The van der Waals surface area contributed by atoms with E-state index >= 15 is 0 Å². The van der Waals surface area contributed by atoms with Crippen molar-refractivity contribution >= 4 is 11.6 Å². The molecular formula is C24H24FN5O. The first-order valence-electron chi connectivity index (χ1n) is 10.6. The van der Waals surface area contributed by atoms with Crippen LogP contribution in [-0.4, -0.2) is 43.1 Å². The predicted molar refractivity (Wildman–Crippen MR) is 115 cm³/mol. The number of nitrogens with zero attached hydrogens (tertiary/aromatic N) is 5. The van der Waals surface area contributed by atoms with Gasteiger partial charge in [0.2, 0.25) is 0 Å². The van der Waals surface area contributed by atoms with Crippen molar-refractivity contribution in [2.75, 3.05) is 13.1 Å². The summed E-state index contributed by atoms with van der Waals surface area (Å²) in [6.07, 6.45) is 6.54. The number of hydrogen-bond donors (Lipinski definition) is 0. The minimum atomic E-state index is -0.328. The van der Waals surface area contributed by atoms with Gasteiger partial charge in [0.15, 0.2) is 0 Å². The van der Waals surface area contributed by atoms with Crippen LogP contribution in [0.1, 0.15) is 41.5 Å². The topological polar surface area (TPSA) is 55.4 Å². The van der Waals surface area contributed by atoms with Gasteiger partial charge in [-0.15, -0.1) is 0 Å². The largest absolute Gasteiger partial charge is 0.337 e. The van der Waals surface area contributed by atoms with Gasteiger partial charge in [0, 0.05) is 43.6 Å². The zero-order chi connectivity index (χ0) is 21.4. The molecule has 1 aromatic carbocycles. The number of aryl methyl sites for hydroxylation is 1. The summed E-state index contributed by atoms with van der Waals surface area (Å²) in [6, 6.07) is 15.2. The summed E-state index contributed by atoms with van der Waals surface area (Å²) in [7, 11) is 0. The van der Waals surface area contributed by atoms with Gasteiger partial charge in [-0.05, 0) is 43.5 Å². The first-order valence-corrected chi connectivity index (χ1v) is 10.6. The highest BCUT2D eigenvalue weighted by molar-refractivity contribution is 5.92. The third kappa shape index (κ3) is 3.30. The van der Waals surface area contributed by atoms with Crippen LogP contribution in [0.15, 0.2) is 67.1 Å². The molecule has 0 atom stereocenters. The molecule has 1 aliphatic heterocycles. The summed E-state index contributed by atoms with van der Waals surface area (Å²) in [6.45, 7) is 3.87. The Bertz CT molecular complexity index is 1220. The van der Waals surface area contributed by atoms with Gasteiger partial charge in [0.1, 0.15) is 17.2 Å². The van der Waals surface area contributed by atoms with E-state index in [9.17, 15) is 9.18 Å². The molecule has 4 heterocycles. The predicted octanol–water partition coefficient (Wildman–Crippen LogP) is 3.91. The van der Waals surface area contributed by atoms with Crippen LogP contribution >= 0.6 is 0 Å². The average molecular weight is 417 g/mol. The second kappa shape index (κ2) is 7.65. The van der Waals surface area contributed by atoms with Gasteiger partial charge in [-0.2, -0.15) is 5.10 Å². The maximum atomic E-state index is 13.7. The van der Waals surface area contributed by atoms with Crippen LogP contribution in [0, 0.1) is 5.82 Å². The summed E-state index contributed by atoms with van der Waals surface area (Å²) in [5.74, 6) is -0.281.